The number of hydrogen-bond donors (Lipinski definition) is 0. The van der Waals surface area contributed by atoms with Crippen molar-refractivity contribution in [1.29, 1.82) is 0 Å². The molecule has 0 bridgehead atoms. The summed E-state index contributed by atoms with van der Waals surface area (Å²) >= 11 is 3.34. The molecule has 4 rings (SSSR count). The fraction of sp³-hybridized carbons (Fsp3) is 0.559. The van der Waals surface area contributed by atoms with Crippen LogP contribution in [0, 0.1) is 0 Å². The molecule has 2 aromatic carbocycles. The number of ketones is 3. The molecular weight excluding hydrogens is 696 g/mol. The number of benzene rings is 2. The number of halogens is 1. The lowest BCUT2D eigenvalue weighted by molar-refractivity contribution is -0.153. The van der Waals surface area contributed by atoms with Gasteiger partial charge in [-0.2, -0.15) is 0 Å². The van der Waals surface area contributed by atoms with E-state index in [-0.39, 0.29) is 122 Å². The number of carbonyl (C=O) groups excluding carboxylic acids is 3. The first kappa shape index (κ1) is 37.7. The van der Waals surface area contributed by atoms with Crippen LogP contribution in [-0.4, -0.2) is 124 Å². The lowest BCUT2D eigenvalue weighted by Crippen LogP contribution is -2.50. The van der Waals surface area contributed by atoms with E-state index in [2.05, 4.69) is 15.9 Å². The molecule has 0 N–H and O–H groups in total. The molecule has 0 radical (unpaired) electrons. The third kappa shape index (κ3) is 7.39. The Labute approximate surface area is 288 Å². The van der Waals surface area contributed by atoms with E-state index < -0.39 is 23.3 Å². The highest BCUT2D eigenvalue weighted by Gasteiger charge is 2.51. The molecule has 2 aliphatic rings. The monoisotopic (exact) mass is 738 g/mol. The summed E-state index contributed by atoms with van der Waals surface area (Å²) in [5.74, 6) is -0.698. The summed E-state index contributed by atoms with van der Waals surface area (Å²) in [5.41, 5.74) is -0.496. The van der Waals surface area contributed by atoms with Crippen molar-refractivity contribution < 1.29 is 61.8 Å². The third-order valence-electron chi connectivity index (χ3n) is 8.29. The van der Waals surface area contributed by atoms with Crippen LogP contribution in [0.5, 0.6) is 23.0 Å². The summed E-state index contributed by atoms with van der Waals surface area (Å²) in [5, 5.41) is -0.0100. The van der Waals surface area contributed by atoms with E-state index in [1.807, 2.05) is 0 Å². The second kappa shape index (κ2) is 17.5. The maximum absolute atomic E-state index is 14.7. The number of rotatable bonds is 20. The summed E-state index contributed by atoms with van der Waals surface area (Å²) in [6.45, 7) is 1.18. The van der Waals surface area contributed by atoms with Gasteiger partial charge in [0.2, 0.25) is 11.6 Å². The molecule has 2 aliphatic carbocycles. The molecule has 0 spiro atoms. The zero-order chi connectivity index (χ0) is 34.8. The second-order valence-electron chi connectivity index (χ2n) is 11.0. The summed E-state index contributed by atoms with van der Waals surface area (Å²) in [6.07, 6.45) is -0.788. The quantitative estimate of drug-likeness (QED) is 0.123. The average Bonchev–Trinajstić information content (AvgIpc) is 3.10. The Morgan fingerprint density at radius 3 is 1.73 bits per heavy atom. The van der Waals surface area contributed by atoms with Gasteiger partial charge in [0.05, 0.1) is 87.5 Å². The minimum Gasteiger partial charge on any atom is -0.496 e. The van der Waals surface area contributed by atoms with Crippen molar-refractivity contribution in [3.63, 3.8) is 0 Å². The Morgan fingerprint density at radius 1 is 0.708 bits per heavy atom. The molecule has 0 heterocycles. The summed E-state index contributed by atoms with van der Waals surface area (Å²) in [4.78, 5) is 43.2. The lowest BCUT2D eigenvalue weighted by atomic mass is 9.71. The summed E-state index contributed by atoms with van der Waals surface area (Å²) in [6, 6.07) is 3.14. The Hall–Kier alpha value is -3.11. The summed E-state index contributed by atoms with van der Waals surface area (Å²) < 4.78 is 57.6. The maximum atomic E-state index is 14.7. The number of hydrogen-bond acceptors (Lipinski definition) is 13. The van der Waals surface area contributed by atoms with Crippen LogP contribution in [-0.2, 0) is 39.6 Å². The largest absolute Gasteiger partial charge is 0.496 e. The minimum atomic E-state index is -1.41. The van der Waals surface area contributed by atoms with Crippen molar-refractivity contribution in [2.75, 3.05) is 101 Å². The topological polar surface area (TPSA) is 144 Å². The molecule has 2 atom stereocenters. The van der Waals surface area contributed by atoms with Gasteiger partial charge in [-0.05, 0) is 12.1 Å². The molecule has 0 aromatic heterocycles. The van der Waals surface area contributed by atoms with Crippen molar-refractivity contribution in [2.45, 2.75) is 24.5 Å². The molecule has 48 heavy (non-hydrogen) atoms. The smallest absolute Gasteiger partial charge is 0.202 e. The molecule has 0 saturated carbocycles. The predicted molar refractivity (Wildman–Crippen MR) is 176 cm³/mol. The van der Waals surface area contributed by atoms with E-state index in [0.29, 0.717) is 11.1 Å². The first-order valence-electron chi connectivity index (χ1n) is 15.4. The number of ether oxygens (including phenoxy) is 10. The van der Waals surface area contributed by atoms with Crippen LogP contribution in [0.2, 0.25) is 0 Å². The Bertz CT molecular complexity index is 1480. The fourth-order valence-electron chi connectivity index (χ4n) is 6.11. The fourth-order valence-corrected chi connectivity index (χ4v) is 6.62. The maximum Gasteiger partial charge on any atom is 0.202 e. The van der Waals surface area contributed by atoms with Gasteiger partial charge < -0.3 is 47.4 Å². The predicted octanol–water partition coefficient (Wildman–Crippen LogP) is 3.55. The number of methoxy groups -OCH3 is 6. The number of carbonyl (C=O) groups is 3. The summed E-state index contributed by atoms with van der Waals surface area (Å²) in [7, 11) is 8.96. The van der Waals surface area contributed by atoms with Gasteiger partial charge in [0.25, 0.3) is 0 Å². The Balaban J connectivity index is 2.12. The van der Waals surface area contributed by atoms with E-state index in [1.54, 1.807) is 19.2 Å². The normalized spacial score (nSPS) is 18.2. The molecule has 13 nitrogen and oxygen atoms in total. The van der Waals surface area contributed by atoms with Gasteiger partial charge in [-0.15, -0.1) is 0 Å². The van der Waals surface area contributed by atoms with Crippen molar-refractivity contribution >= 4 is 33.3 Å². The number of alkyl halides is 1. The van der Waals surface area contributed by atoms with Crippen LogP contribution >= 0.6 is 15.9 Å². The van der Waals surface area contributed by atoms with Crippen molar-refractivity contribution in [3.8, 4) is 23.0 Å². The lowest BCUT2D eigenvalue weighted by Gasteiger charge is -2.42. The minimum absolute atomic E-state index is 0.0100. The molecule has 2 aromatic rings. The van der Waals surface area contributed by atoms with E-state index >= 15 is 0 Å². The van der Waals surface area contributed by atoms with Crippen LogP contribution in [0.25, 0.3) is 0 Å². The SMILES string of the molecule is COCCOc1c2c(c(OCCOC)c3c1C(=O)c1c(OC)ccc(OC)c1C3=O)C(OCCOC)CC(OCCOC)(C(=O)CBr)C2. The van der Waals surface area contributed by atoms with Crippen LogP contribution in [0.15, 0.2) is 12.1 Å². The third-order valence-corrected chi connectivity index (χ3v) is 8.80. The van der Waals surface area contributed by atoms with Crippen LogP contribution < -0.4 is 18.9 Å². The zero-order valence-corrected chi connectivity index (χ0v) is 29.8. The van der Waals surface area contributed by atoms with Gasteiger partial charge in [-0.3, -0.25) is 14.4 Å². The molecule has 264 valence electrons. The second-order valence-corrected chi connectivity index (χ2v) is 11.5. The van der Waals surface area contributed by atoms with Gasteiger partial charge in [0, 0.05) is 52.4 Å². The molecule has 0 saturated heterocycles. The molecular formula is C34H43BrO13. The van der Waals surface area contributed by atoms with Crippen molar-refractivity contribution in [3.05, 3.63) is 45.5 Å². The molecule has 0 fully saturated rings. The van der Waals surface area contributed by atoms with E-state index in [9.17, 15) is 14.4 Å². The number of fused-ring (bicyclic) bond motifs is 3. The van der Waals surface area contributed by atoms with Crippen LogP contribution in [0.3, 0.4) is 0 Å². The van der Waals surface area contributed by atoms with Crippen molar-refractivity contribution in [2.24, 2.45) is 0 Å². The highest BCUT2D eigenvalue weighted by Crippen LogP contribution is 2.54. The van der Waals surface area contributed by atoms with E-state index in [0.717, 1.165) is 0 Å². The highest BCUT2D eigenvalue weighted by atomic mass is 79.9. The average molecular weight is 740 g/mol. The molecule has 2 unspecified atom stereocenters. The van der Waals surface area contributed by atoms with Gasteiger partial charge >= 0.3 is 0 Å². The first-order chi connectivity index (χ1) is 23.3. The molecule has 0 aliphatic heterocycles. The van der Waals surface area contributed by atoms with Gasteiger partial charge in [0.1, 0.15) is 41.8 Å². The first-order valence-corrected chi connectivity index (χ1v) is 16.5. The molecule has 0 amide bonds. The van der Waals surface area contributed by atoms with E-state index in [1.165, 1.54) is 35.5 Å². The van der Waals surface area contributed by atoms with Gasteiger partial charge in [-0.1, -0.05) is 15.9 Å². The standard InChI is InChI=1S/C34H43BrO13/c1-39-9-13-45-23-18-34(24(36)19-35,48-16-12-42-4)17-20-25(23)33(47-15-11-41-3)29-28(32(20)46-14-10-40-2)30(37)26-21(43-5)7-8-22(44-6)27(26)31(29)38/h7-8,23H,9-19H2,1-6H3. The Morgan fingerprint density at radius 2 is 1.21 bits per heavy atom. The molecule has 14 heteroatoms. The highest BCUT2D eigenvalue weighted by molar-refractivity contribution is 9.09. The Kier molecular flexibility index (Phi) is 13.8. The van der Waals surface area contributed by atoms with E-state index in [4.69, 9.17) is 47.4 Å². The van der Waals surface area contributed by atoms with Crippen LogP contribution in [0.4, 0.5) is 0 Å². The van der Waals surface area contributed by atoms with Gasteiger partial charge in [-0.25, -0.2) is 0 Å². The van der Waals surface area contributed by atoms with Crippen molar-refractivity contribution in [1.82, 2.24) is 0 Å². The zero-order valence-electron chi connectivity index (χ0n) is 28.2. The van der Waals surface area contributed by atoms with Gasteiger partial charge in [0.15, 0.2) is 5.78 Å². The number of Topliss-reactive ketones (excluding diaryl/α,β-unsaturated/α-hetero) is 1. The van der Waals surface area contributed by atoms with Crippen LogP contribution in [0.1, 0.15) is 55.5 Å².